The first kappa shape index (κ1) is 13.1. The number of thioether (sulfide) groups is 1. The van der Waals surface area contributed by atoms with Gasteiger partial charge in [-0.15, -0.1) is 0 Å². The summed E-state index contributed by atoms with van der Waals surface area (Å²) in [5, 5.41) is 0.488. The predicted octanol–water partition coefficient (Wildman–Crippen LogP) is 1.85. The second kappa shape index (κ2) is 5.52. The van der Waals surface area contributed by atoms with Gasteiger partial charge in [-0.2, -0.15) is 11.8 Å². The third-order valence-corrected chi connectivity index (χ3v) is 4.15. The SMILES string of the molecule is COc1ccc(C(=O)N2CCSC(C)C2)c(N)c1. The highest BCUT2D eigenvalue weighted by atomic mass is 32.2. The van der Waals surface area contributed by atoms with Crippen LogP contribution in [-0.4, -0.2) is 42.0 Å². The Bertz CT molecular complexity index is 451. The molecule has 1 aromatic rings. The molecule has 1 fully saturated rings. The Hall–Kier alpha value is -1.36. The second-order valence-corrected chi connectivity index (χ2v) is 5.93. The molecule has 0 spiro atoms. The van der Waals surface area contributed by atoms with Crippen molar-refractivity contribution in [3.05, 3.63) is 23.8 Å². The van der Waals surface area contributed by atoms with E-state index in [1.165, 1.54) is 0 Å². The molecule has 2 N–H and O–H groups in total. The maximum Gasteiger partial charge on any atom is 0.256 e. The number of rotatable bonds is 2. The number of nitrogens with two attached hydrogens (primary N) is 1. The zero-order valence-electron chi connectivity index (χ0n) is 10.7. The lowest BCUT2D eigenvalue weighted by Crippen LogP contribution is -2.41. The zero-order valence-corrected chi connectivity index (χ0v) is 11.5. The van der Waals surface area contributed by atoms with Crippen molar-refractivity contribution in [2.24, 2.45) is 0 Å². The van der Waals surface area contributed by atoms with Crippen LogP contribution in [0.15, 0.2) is 18.2 Å². The van der Waals surface area contributed by atoms with E-state index in [9.17, 15) is 4.79 Å². The van der Waals surface area contributed by atoms with E-state index in [-0.39, 0.29) is 5.91 Å². The van der Waals surface area contributed by atoms with Crippen LogP contribution in [0.1, 0.15) is 17.3 Å². The zero-order chi connectivity index (χ0) is 13.1. The van der Waals surface area contributed by atoms with E-state index in [0.29, 0.717) is 22.3 Å². The van der Waals surface area contributed by atoms with Gasteiger partial charge in [-0.25, -0.2) is 0 Å². The van der Waals surface area contributed by atoms with E-state index in [1.807, 2.05) is 16.7 Å². The molecule has 1 atom stereocenters. The fraction of sp³-hybridized carbons (Fsp3) is 0.462. The quantitative estimate of drug-likeness (QED) is 0.830. The summed E-state index contributed by atoms with van der Waals surface area (Å²) >= 11 is 1.90. The fourth-order valence-electron chi connectivity index (χ4n) is 2.04. The minimum atomic E-state index is 0.0160. The lowest BCUT2D eigenvalue weighted by molar-refractivity contribution is 0.0764. The van der Waals surface area contributed by atoms with Gasteiger partial charge in [0.1, 0.15) is 5.75 Å². The van der Waals surface area contributed by atoms with Crippen LogP contribution >= 0.6 is 11.8 Å². The van der Waals surface area contributed by atoms with Crippen LogP contribution in [0.25, 0.3) is 0 Å². The number of nitrogen functional groups attached to an aromatic ring is 1. The number of methoxy groups -OCH3 is 1. The van der Waals surface area contributed by atoms with E-state index in [1.54, 1.807) is 25.3 Å². The molecular formula is C13H18N2O2S. The minimum absolute atomic E-state index is 0.0160. The highest BCUT2D eigenvalue weighted by Crippen LogP contribution is 2.24. The molecule has 4 nitrogen and oxygen atoms in total. The normalized spacial score (nSPS) is 19.7. The summed E-state index contributed by atoms with van der Waals surface area (Å²) in [6, 6.07) is 5.20. The standard InChI is InChI=1S/C13H18N2O2S/c1-9-8-15(5-6-18-9)13(16)11-4-3-10(17-2)7-12(11)14/h3-4,7,9H,5-6,8,14H2,1-2H3. The first-order chi connectivity index (χ1) is 8.61. The first-order valence-electron chi connectivity index (χ1n) is 5.96. The maximum atomic E-state index is 12.4. The number of carbonyl (C=O) groups excluding carboxylic acids is 1. The summed E-state index contributed by atoms with van der Waals surface area (Å²) in [4.78, 5) is 14.2. The molecule has 98 valence electrons. The molecule has 0 aromatic heterocycles. The van der Waals surface area contributed by atoms with Gasteiger partial charge in [0.2, 0.25) is 0 Å². The predicted molar refractivity (Wildman–Crippen MR) is 75.2 cm³/mol. The molecule has 5 heteroatoms. The van der Waals surface area contributed by atoms with Gasteiger partial charge < -0.3 is 15.4 Å². The molecule has 1 aromatic carbocycles. The molecule has 1 saturated heterocycles. The van der Waals surface area contributed by atoms with Gasteiger partial charge in [0, 0.05) is 35.8 Å². The van der Waals surface area contributed by atoms with Crippen LogP contribution in [-0.2, 0) is 0 Å². The average molecular weight is 266 g/mol. The van der Waals surface area contributed by atoms with E-state index in [0.717, 1.165) is 18.8 Å². The molecular weight excluding hydrogens is 248 g/mol. The van der Waals surface area contributed by atoms with E-state index >= 15 is 0 Å². The van der Waals surface area contributed by atoms with E-state index in [2.05, 4.69) is 6.92 Å². The number of amides is 1. The number of benzene rings is 1. The number of carbonyl (C=O) groups is 1. The summed E-state index contributed by atoms with van der Waals surface area (Å²) in [5.41, 5.74) is 6.95. The first-order valence-corrected chi connectivity index (χ1v) is 7.01. The smallest absolute Gasteiger partial charge is 0.256 e. The number of hydrogen-bond donors (Lipinski definition) is 1. The van der Waals surface area contributed by atoms with Crippen LogP contribution in [0, 0.1) is 0 Å². The molecule has 0 radical (unpaired) electrons. The lowest BCUT2D eigenvalue weighted by atomic mass is 10.1. The Morgan fingerprint density at radius 1 is 1.56 bits per heavy atom. The topological polar surface area (TPSA) is 55.6 Å². The number of ether oxygens (including phenoxy) is 1. The van der Waals surface area contributed by atoms with Gasteiger partial charge in [-0.05, 0) is 12.1 Å². The van der Waals surface area contributed by atoms with Crippen LogP contribution in [0.4, 0.5) is 5.69 Å². The molecule has 1 heterocycles. The molecule has 0 saturated carbocycles. The summed E-state index contributed by atoms with van der Waals surface area (Å²) < 4.78 is 5.08. The number of hydrogen-bond acceptors (Lipinski definition) is 4. The molecule has 1 aliphatic rings. The van der Waals surface area contributed by atoms with Crippen LogP contribution in [0.2, 0.25) is 0 Å². The van der Waals surface area contributed by atoms with Gasteiger partial charge in [0.05, 0.1) is 12.7 Å². The van der Waals surface area contributed by atoms with Crippen molar-refractivity contribution in [2.45, 2.75) is 12.2 Å². The minimum Gasteiger partial charge on any atom is -0.497 e. The summed E-state index contributed by atoms with van der Waals surface area (Å²) in [6.45, 7) is 3.72. The highest BCUT2D eigenvalue weighted by Gasteiger charge is 2.23. The Kier molecular flexibility index (Phi) is 4.01. The van der Waals surface area contributed by atoms with Crippen molar-refractivity contribution in [1.82, 2.24) is 4.90 Å². The van der Waals surface area contributed by atoms with Gasteiger partial charge in [-0.3, -0.25) is 4.79 Å². The van der Waals surface area contributed by atoms with Gasteiger partial charge in [-0.1, -0.05) is 6.92 Å². The molecule has 0 bridgehead atoms. The lowest BCUT2D eigenvalue weighted by Gasteiger charge is -2.31. The van der Waals surface area contributed by atoms with Crippen molar-refractivity contribution in [1.29, 1.82) is 0 Å². The number of anilines is 1. The summed E-state index contributed by atoms with van der Waals surface area (Å²) in [7, 11) is 1.58. The molecule has 1 aliphatic heterocycles. The summed E-state index contributed by atoms with van der Waals surface area (Å²) in [6.07, 6.45) is 0. The Morgan fingerprint density at radius 3 is 2.94 bits per heavy atom. The Morgan fingerprint density at radius 2 is 2.33 bits per heavy atom. The van der Waals surface area contributed by atoms with Crippen molar-refractivity contribution in [3.8, 4) is 5.75 Å². The van der Waals surface area contributed by atoms with Crippen molar-refractivity contribution < 1.29 is 9.53 Å². The third kappa shape index (κ3) is 2.72. The monoisotopic (exact) mass is 266 g/mol. The largest absolute Gasteiger partial charge is 0.497 e. The maximum absolute atomic E-state index is 12.4. The molecule has 0 aliphatic carbocycles. The molecule has 2 rings (SSSR count). The van der Waals surface area contributed by atoms with Crippen molar-refractivity contribution >= 4 is 23.4 Å². The molecule has 1 amide bonds. The molecule has 18 heavy (non-hydrogen) atoms. The Balaban J connectivity index is 2.17. The van der Waals surface area contributed by atoms with Gasteiger partial charge in [0.25, 0.3) is 5.91 Å². The Labute approximate surface area is 111 Å². The summed E-state index contributed by atoms with van der Waals surface area (Å²) in [5.74, 6) is 1.68. The average Bonchev–Trinajstić information content (AvgIpc) is 2.37. The van der Waals surface area contributed by atoms with E-state index in [4.69, 9.17) is 10.5 Å². The van der Waals surface area contributed by atoms with Crippen LogP contribution in [0.5, 0.6) is 5.75 Å². The van der Waals surface area contributed by atoms with Gasteiger partial charge in [0.15, 0.2) is 0 Å². The number of nitrogens with zero attached hydrogens (tertiary/aromatic N) is 1. The fourth-order valence-corrected chi connectivity index (χ4v) is 3.05. The van der Waals surface area contributed by atoms with Crippen LogP contribution in [0.3, 0.4) is 0 Å². The highest BCUT2D eigenvalue weighted by molar-refractivity contribution is 7.99. The molecule has 1 unspecified atom stereocenters. The van der Waals surface area contributed by atoms with Crippen molar-refractivity contribution in [2.75, 3.05) is 31.7 Å². The van der Waals surface area contributed by atoms with E-state index < -0.39 is 0 Å². The van der Waals surface area contributed by atoms with Crippen molar-refractivity contribution in [3.63, 3.8) is 0 Å². The van der Waals surface area contributed by atoms with Crippen LogP contribution < -0.4 is 10.5 Å². The van der Waals surface area contributed by atoms with Gasteiger partial charge >= 0.3 is 0 Å². The second-order valence-electron chi connectivity index (χ2n) is 4.39. The third-order valence-electron chi connectivity index (χ3n) is 3.02.